The van der Waals surface area contributed by atoms with E-state index in [4.69, 9.17) is 0 Å². The molecule has 1 fully saturated rings. The molecular formula is C22H28N4O3S. The molecule has 0 spiro atoms. The summed E-state index contributed by atoms with van der Waals surface area (Å²) in [5.74, 6) is -0.581. The second-order valence-corrected chi connectivity index (χ2v) is 8.39. The van der Waals surface area contributed by atoms with Crippen molar-refractivity contribution >= 4 is 29.1 Å². The van der Waals surface area contributed by atoms with Gasteiger partial charge in [-0.2, -0.15) is 0 Å². The van der Waals surface area contributed by atoms with Crippen molar-refractivity contribution in [3.63, 3.8) is 0 Å². The maximum absolute atomic E-state index is 12.8. The van der Waals surface area contributed by atoms with Crippen LogP contribution < -0.4 is 10.6 Å². The molecule has 1 saturated heterocycles. The van der Waals surface area contributed by atoms with Crippen LogP contribution in [0.4, 0.5) is 0 Å². The molecule has 2 heterocycles. The third kappa shape index (κ3) is 5.05. The van der Waals surface area contributed by atoms with Gasteiger partial charge in [0.25, 0.3) is 0 Å². The van der Waals surface area contributed by atoms with E-state index >= 15 is 0 Å². The molecule has 2 atom stereocenters. The third-order valence-corrected chi connectivity index (χ3v) is 6.33. The van der Waals surface area contributed by atoms with Crippen molar-refractivity contribution < 1.29 is 14.4 Å². The number of carbonyl (C=O) groups excluding carboxylic acids is 3. The summed E-state index contributed by atoms with van der Waals surface area (Å²) in [5.41, 5.74) is 4.95. The first-order valence-electron chi connectivity index (χ1n) is 10.3. The van der Waals surface area contributed by atoms with Crippen LogP contribution in [0.5, 0.6) is 0 Å². The first kappa shape index (κ1) is 22.0. The van der Waals surface area contributed by atoms with Crippen molar-refractivity contribution in [1.29, 1.82) is 0 Å². The number of likely N-dealkylation sites (tertiary alicyclic amines) is 1. The molecule has 0 saturated carbocycles. The molecule has 0 aliphatic carbocycles. The second kappa shape index (κ2) is 9.84. The zero-order chi connectivity index (χ0) is 21.7. The highest BCUT2D eigenvalue weighted by Crippen LogP contribution is 2.27. The van der Waals surface area contributed by atoms with Crippen molar-refractivity contribution in [1.82, 2.24) is 20.5 Å². The van der Waals surface area contributed by atoms with E-state index in [0.717, 1.165) is 28.1 Å². The molecule has 3 amide bonds. The molecule has 160 valence electrons. The van der Waals surface area contributed by atoms with E-state index in [1.165, 1.54) is 6.92 Å². The van der Waals surface area contributed by atoms with Crippen LogP contribution in [-0.4, -0.2) is 46.2 Å². The third-order valence-electron chi connectivity index (χ3n) is 5.35. The lowest BCUT2D eigenvalue weighted by Gasteiger charge is -2.28. The Balaban J connectivity index is 1.59. The normalized spacial score (nSPS) is 16.9. The van der Waals surface area contributed by atoms with Gasteiger partial charge in [0.15, 0.2) is 0 Å². The van der Waals surface area contributed by atoms with Crippen LogP contribution in [0.2, 0.25) is 0 Å². The number of aromatic nitrogens is 1. The number of hydrogen-bond acceptors (Lipinski definition) is 5. The zero-order valence-corrected chi connectivity index (χ0v) is 18.4. The summed E-state index contributed by atoms with van der Waals surface area (Å²) in [5, 5.41) is 5.64. The SMILES string of the molecule is CC[C@H](NC(C)=O)C(=O)N1CCC[C@H]1C(=O)NCc1ccc(-c2scnc2C)cc1. The quantitative estimate of drug-likeness (QED) is 0.709. The second-order valence-electron chi connectivity index (χ2n) is 7.53. The summed E-state index contributed by atoms with van der Waals surface area (Å²) >= 11 is 1.61. The van der Waals surface area contributed by atoms with E-state index in [0.29, 0.717) is 25.9 Å². The van der Waals surface area contributed by atoms with E-state index in [1.54, 1.807) is 16.2 Å². The minimum absolute atomic E-state index is 0.152. The van der Waals surface area contributed by atoms with Gasteiger partial charge in [0.2, 0.25) is 17.7 Å². The molecule has 7 nitrogen and oxygen atoms in total. The highest BCUT2D eigenvalue weighted by molar-refractivity contribution is 7.13. The predicted octanol–water partition coefficient (Wildman–Crippen LogP) is 2.64. The summed E-state index contributed by atoms with van der Waals surface area (Å²) in [4.78, 5) is 44.0. The number of nitrogens with one attached hydrogen (secondary N) is 2. The van der Waals surface area contributed by atoms with Gasteiger partial charge < -0.3 is 15.5 Å². The van der Waals surface area contributed by atoms with E-state index in [9.17, 15) is 14.4 Å². The van der Waals surface area contributed by atoms with Crippen LogP contribution in [-0.2, 0) is 20.9 Å². The molecular weight excluding hydrogens is 400 g/mol. The lowest BCUT2D eigenvalue weighted by atomic mass is 10.1. The van der Waals surface area contributed by atoms with Crippen LogP contribution in [0.1, 0.15) is 44.4 Å². The Morgan fingerprint density at radius 3 is 2.60 bits per heavy atom. The van der Waals surface area contributed by atoms with Crippen LogP contribution in [0.15, 0.2) is 29.8 Å². The van der Waals surface area contributed by atoms with Gasteiger partial charge in [0.1, 0.15) is 12.1 Å². The van der Waals surface area contributed by atoms with E-state index in [1.807, 2.05) is 43.6 Å². The highest BCUT2D eigenvalue weighted by Gasteiger charge is 2.36. The number of hydrogen-bond donors (Lipinski definition) is 2. The molecule has 2 N–H and O–H groups in total. The predicted molar refractivity (Wildman–Crippen MR) is 117 cm³/mol. The fourth-order valence-electron chi connectivity index (χ4n) is 3.75. The molecule has 0 bridgehead atoms. The number of aryl methyl sites for hydroxylation is 1. The first-order valence-corrected chi connectivity index (χ1v) is 11.1. The summed E-state index contributed by atoms with van der Waals surface area (Å²) < 4.78 is 0. The van der Waals surface area contributed by atoms with E-state index in [2.05, 4.69) is 15.6 Å². The lowest BCUT2D eigenvalue weighted by molar-refractivity contribution is -0.141. The number of amides is 3. The topological polar surface area (TPSA) is 91.4 Å². The van der Waals surface area contributed by atoms with Gasteiger partial charge in [0.05, 0.1) is 16.1 Å². The number of rotatable bonds is 7. The zero-order valence-electron chi connectivity index (χ0n) is 17.6. The number of thiazole rings is 1. The largest absolute Gasteiger partial charge is 0.350 e. The Hall–Kier alpha value is -2.74. The van der Waals surface area contributed by atoms with Crippen molar-refractivity contribution in [2.24, 2.45) is 0 Å². The van der Waals surface area contributed by atoms with Gasteiger partial charge in [-0.15, -0.1) is 11.3 Å². The molecule has 8 heteroatoms. The maximum atomic E-state index is 12.8. The Kier molecular flexibility index (Phi) is 7.20. The van der Waals surface area contributed by atoms with Crippen molar-refractivity contribution in [2.45, 2.75) is 58.7 Å². The van der Waals surface area contributed by atoms with Crippen LogP contribution in [0.25, 0.3) is 10.4 Å². The molecule has 1 aliphatic rings. The molecule has 2 aromatic rings. The fraction of sp³-hybridized carbons (Fsp3) is 0.455. The van der Waals surface area contributed by atoms with Gasteiger partial charge in [0, 0.05) is 20.0 Å². The fourth-order valence-corrected chi connectivity index (χ4v) is 4.56. The van der Waals surface area contributed by atoms with Crippen molar-refractivity contribution in [2.75, 3.05) is 6.54 Å². The lowest BCUT2D eigenvalue weighted by Crippen LogP contribution is -2.53. The molecule has 1 aromatic heterocycles. The Morgan fingerprint density at radius 2 is 2.00 bits per heavy atom. The number of benzene rings is 1. The maximum Gasteiger partial charge on any atom is 0.245 e. The number of nitrogens with zero attached hydrogens (tertiary/aromatic N) is 2. The van der Waals surface area contributed by atoms with Gasteiger partial charge >= 0.3 is 0 Å². The molecule has 3 rings (SSSR count). The van der Waals surface area contributed by atoms with Crippen LogP contribution in [0, 0.1) is 6.92 Å². The molecule has 0 radical (unpaired) electrons. The molecule has 30 heavy (non-hydrogen) atoms. The minimum Gasteiger partial charge on any atom is -0.350 e. The van der Waals surface area contributed by atoms with Crippen molar-refractivity contribution in [3.8, 4) is 10.4 Å². The van der Waals surface area contributed by atoms with E-state index in [-0.39, 0.29) is 17.7 Å². The van der Waals surface area contributed by atoms with Crippen LogP contribution in [0.3, 0.4) is 0 Å². The summed E-state index contributed by atoms with van der Waals surface area (Å²) in [7, 11) is 0. The molecule has 0 unspecified atom stereocenters. The minimum atomic E-state index is -0.585. The summed E-state index contributed by atoms with van der Waals surface area (Å²) in [6.45, 7) is 6.18. The summed E-state index contributed by atoms with van der Waals surface area (Å²) in [6, 6.07) is 6.99. The molecule has 1 aliphatic heterocycles. The van der Waals surface area contributed by atoms with Crippen LogP contribution >= 0.6 is 11.3 Å². The monoisotopic (exact) mass is 428 g/mol. The Labute approximate surface area is 180 Å². The molecule has 1 aromatic carbocycles. The standard InChI is InChI=1S/C22H28N4O3S/c1-4-18(25-15(3)27)22(29)26-11-5-6-19(26)21(28)23-12-16-7-9-17(10-8-16)20-14(2)24-13-30-20/h7-10,13,18-19H,4-6,11-12H2,1-3H3,(H,23,28)(H,25,27)/t18-,19-/m0/s1. The highest BCUT2D eigenvalue weighted by atomic mass is 32.1. The average Bonchev–Trinajstić information content (AvgIpc) is 3.39. The smallest absolute Gasteiger partial charge is 0.245 e. The van der Waals surface area contributed by atoms with Gasteiger partial charge in [-0.1, -0.05) is 31.2 Å². The van der Waals surface area contributed by atoms with Gasteiger partial charge in [-0.05, 0) is 37.3 Å². The Morgan fingerprint density at radius 1 is 1.27 bits per heavy atom. The number of carbonyl (C=O) groups is 3. The van der Waals surface area contributed by atoms with E-state index < -0.39 is 12.1 Å². The van der Waals surface area contributed by atoms with Gasteiger partial charge in [-0.25, -0.2) is 4.98 Å². The summed E-state index contributed by atoms with van der Waals surface area (Å²) in [6.07, 6.45) is 1.91. The van der Waals surface area contributed by atoms with Crippen molar-refractivity contribution in [3.05, 3.63) is 41.0 Å². The average molecular weight is 429 g/mol. The van der Waals surface area contributed by atoms with Gasteiger partial charge in [-0.3, -0.25) is 14.4 Å². The Bertz CT molecular complexity index is 909. The first-order chi connectivity index (χ1) is 14.4.